The second-order valence-corrected chi connectivity index (χ2v) is 2.30. The van der Waals surface area contributed by atoms with Crippen molar-refractivity contribution in [3.63, 3.8) is 0 Å². The molecule has 8 heavy (non-hydrogen) atoms. The van der Waals surface area contributed by atoms with Crippen LogP contribution in [-0.4, -0.2) is 32.0 Å². The summed E-state index contributed by atoms with van der Waals surface area (Å²) < 4.78 is 0.833. The Morgan fingerprint density at radius 1 is 1.25 bits per heavy atom. The quantitative estimate of drug-likeness (QED) is 0.380. The maximum absolute atomic E-state index is 4.64. The first kappa shape index (κ1) is 10.9. The van der Waals surface area contributed by atoms with E-state index in [-0.39, 0.29) is 0 Å². The van der Waals surface area contributed by atoms with Crippen LogP contribution in [0.15, 0.2) is 12.8 Å². The van der Waals surface area contributed by atoms with Crippen LogP contribution in [0.3, 0.4) is 0 Å². The van der Waals surface area contributed by atoms with Crippen molar-refractivity contribution >= 4 is 11.6 Å². The van der Waals surface area contributed by atoms with Gasteiger partial charge in [-0.15, -0.1) is 11.6 Å². The maximum Gasteiger partial charge on any atom is 0.0879 e. The average Bonchev–Trinajstić information content (AvgIpc) is 1.71. The second kappa shape index (κ2) is 5.13. The summed E-state index contributed by atoms with van der Waals surface area (Å²) in [7, 11) is 6.19. The van der Waals surface area contributed by atoms with E-state index in [1.54, 1.807) is 0 Å². The van der Waals surface area contributed by atoms with Crippen molar-refractivity contribution in [1.82, 2.24) is 0 Å². The first-order chi connectivity index (χ1) is 3.56. The predicted molar refractivity (Wildman–Crippen MR) is 40.0 cm³/mol. The monoisotopic (exact) mass is 136 g/mol. The van der Waals surface area contributed by atoms with Gasteiger partial charge >= 0.3 is 0 Å². The largest absolute Gasteiger partial charge is 0.305 e. The van der Waals surface area contributed by atoms with Crippen molar-refractivity contribution < 1.29 is 4.48 Å². The zero-order valence-corrected chi connectivity index (χ0v) is 6.87. The van der Waals surface area contributed by atoms with E-state index in [0.717, 1.165) is 4.48 Å². The van der Waals surface area contributed by atoms with Gasteiger partial charge in [0.1, 0.15) is 0 Å². The lowest BCUT2D eigenvalue weighted by Crippen LogP contribution is -2.25. The van der Waals surface area contributed by atoms with Gasteiger partial charge in [-0.1, -0.05) is 0 Å². The first-order valence-electron chi connectivity index (χ1n) is 2.39. The van der Waals surface area contributed by atoms with Gasteiger partial charge < -0.3 is 4.48 Å². The molecule has 0 aliphatic heterocycles. The molecule has 0 bridgehead atoms. The zero-order chi connectivity index (χ0) is 7.21. The number of halogens is 1. The van der Waals surface area contributed by atoms with Crippen molar-refractivity contribution in [2.24, 2.45) is 0 Å². The number of quaternary nitrogens is 1. The van der Waals surface area contributed by atoms with Gasteiger partial charge in [0.15, 0.2) is 0 Å². The van der Waals surface area contributed by atoms with Crippen LogP contribution in [0.5, 0.6) is 0 Å². The molecule has 0 aromatic carbocycles. The highest BCUT2D eigenvalue weighted by atomic mass is 35.5. The molecule has 0 unspecified atom stereocenters. The van der Waals surface area contributed by atoms with Crippen LogP contribution in [0.25, 0.3) is 0 Å². The fourth-order valence-corrected chi connectivity index (χ4v) is 0. The molecule has 0 saturated heterocycles. The van der Waals surface area contributed by atoms with E-state index in [2.05, 4.69) is 39.3 Å². The predicted octanol–water partition coefficient (Wildman–Crippen LogP) is 1.69. The van der Waals surface area contributed by atoms with E-state index in [4.69, 9.17) is 0 Å². The number of hydrogen-bond donors (Lipinski definition) is 0. The minimum atomic E-state index is 0.833. The number of nitrogens with zero attached hydrogens (tertiary/aromatic N) is 1. The minimum Gasteiger partial charge on any atom is -0.305 e. The molecule has 0 aliphatic rings. The SMILES string of the molecule is C=C[N+](C)(C)C.CCl. The summed E-state index contributed by atoms with van der Waals surface area (Å²) in [5, 5.41) is 0. The molecule has 0 fully saturated rings. The Kier molecular flexibility index (Phi) is 6.98. The molecule has 0 rings (SSSR count). The lowest BCUT2D eigenvalue weighted by Gasteiger charge is -2.15. The third-order valence-corrected chi connectivity index (χ3v) is 0.548. The number of rotatable bonds is 1. The molecule has 0 heterocycles. The van der Waals surface area contributed by atoms with Crippen LogP contribution in [0.2, 0.25) is 0 Å². The van der Waals surface area contributed by atoms with E-state index < -0.39 is 0 Å². The average molecular weight is 137 g/mol. The molecule has 0 aliphatic carbocycles. The van der Waals surface area contributed by atoms with E-state index >= 15 is 0 Å². The molecule has 0 N–H and O–H groups in total. The van der Waals surface area contributed by atoms with Crippen LogP contribution in [0.4, 0.5) is 0 Å². The van der Waals surface area contributed by atoms with Crippen molar-refractivity contribution in [3.05, 3.63) is 12.8 Å². The highest BCUT2D eigenvalue weighted by Gasteiger charge is 1.94. The highest BCUT2D eigenvalue weighted by Crippen LogP contribution is 1.85. The molecule has 50 valence electrons. The van der Waals surface area contributed by atoms with E-state index in [1.165, 1.54) is 6.38 Å². The molecule has 2 heteroatoms. The highest BCUT2D eigenvalue weighted by molar-refractivity contribution is 6.15. The lowest BCUT2D eigenvalue weighted by atomic mass is 10.7. The fourth-order valence-electron chi connectivity index (χ4n) is 0. The third kappa shape index (κ3) is 16.7. The van der Waals surface area contributed by atoms with Crippen molar-refractivity contribution in [2.45, 2.75) is 0 Å². The normalized spacial score (nSPS) is 9.12. The molecule has 0 aromatic rings. The molecule has 0 radical (unpaired) electrons. The molecule has 1 nitrogen and oxygen atoms in total. The van der Waals surface area contributed by atoms with E-state index in [0.29, 0.717) is 0 Å². The van der Waals surface area contributed by atoms with Gasteiger partial charge in [-0.2, -0.15) is 0 Å². The summed E-state index contributed by atoms with van der Waals surface area (Å²) in [6, 6.07) is 0. The Morgan fingerprint density at radius 3 is 1.38 bits per heavy atom. The second-order valence-electron chi connectivity index (χ2n) is 2.30. The summed E-state index contributed by atoms with van der Waals surface area (Å²) >= 11 is 4.64. The Hall–Kier alpha value is -0.0100. The van der Waals surface area contributed by atoms with Gasteiger partial charge in [-0.05, 0) is 6.58 Å². The molecule has 0 aromatic heterocycles. The summed E-state index contributed by atoms with van der Waals surface area (Å²) in [6.07, 6.45) is 3.35. The van der Waals surface area contributed by atoms with Crippen LogP contribution in [-0.2, 0) is 0 Å². The summed E-state index contributed by atoms with van der Waals surface area (Å²) in [5.41, 5.74) is 0. The van der Waals surface area contributed by atoms with Gasteiger partial charge in [0.05, 0.1) is 27.3 Å². The first-order valence-corrected chi connectivity index (χ1v) is 3.14. The summed E-state index contributed by atoms with van der Waals surface area (Å²) in [4.78, 5) is 0. The number of alkyl halides is 1. The Bertz CT molecular complexity index is 54.0. The van der Waals surface area contributed by atoms with E-state index in [9.17, 15) is 0 Å². The van der Waals surface area contributed by atoms with Crippen LogP contribution >= 0.6 is 11.6 Å². The van der Waals surface area contributed by atoms with Crippen molar-refractivity contribution in [2.75, 3.05) is 27.5 Å². The summed E-state index contributed by atoms with van der Waals surface area (Å²) in [6.45, 7) is 3.60. The lowest BCUT2D eigenvalue weighted by molar-refractivity contribution is -0.816. The van der Waals surface area contributed by atoms with Gasteiger partial charge in [-0.25, -0.2) is 0 Å². The summed E-state index contributed by atoms with van der Waals surface area (Å²) in [5.74, 6) is 0. The van der Waals surface area contributed by atoms with Gasteiger partial charge in [0.25, 0.3) is 0 Å². The van der Waals surface area contributed by atoms with Gasteiger partial charge in [-0.3, -0.25) is 0 Å². The number of hydrogen-bond acceptors (Lipinski definition) is 0. The van der Waals surface area contributed by atoms with Crippen molar-refractivity contribution in [3.8, 4) is 0 Å². The fraction of sp³-hybridized carbons (Fsp3) is 0.667. The Balaban J connectivity index is 0. The Labute approximate surface area is 57.2 Å². The zero-order valence-electron chi connectivity index (χ0n) is 6.11. The minimum absolute atomic E-state index is 0.833. The van der Waals surface area contributed by atoms with E-state index in [1.807, 2.05) is 6.20 Å². The maximum atomic E-state index is 4.64. The third-order valence-electron chi connectivity index (χ3n) is 0.548. The standard InChI is InChI=1S/C5H12N.CH3Cl/c1-5-6(2,3)4;1-2/h5H,1H2,2-4H3;1H3/q+1;. The topological polar surface area (TPSA) is 0 Å². The van der Waals surface area contributed by atoms with Crippen LogP contribution < -0.4 is 0 Å². The molecular weight excluding hydrogens is 122 g/mol. The van der Waals surface area contributed by atoms with Gasteiger partial charge in [0.2, 0.25) is 0 Å². The van der Waals surface area contributed by atoms with Crippen LogP contribution in [0, 0.1) is 0 Å². The van der Waals surface area contributed by atoms with Gasteiger partial charge in [0, 0.05) is 6.38 Å². The smallest absolute Gasteiger partial charge is 0.0879 e. The van der Waals surface area contributed by atoms with Crippen LogP contribution in [0.1, 0.15) is 0 Å². The molecule has 0 saturated carbocycles. The molecule has 0 amide bonds. The molecule has 0 atom stereocenters. The van der Waals surface area contributed by atoms with Crippen molar-refractivity contribution in [1.29, 1.82) is 0 Å². The molecular formula is C6H15ClN+. The molecule has 0 spiro atoms. The Morgan fingerprint density at radius 2 is 1.38 bits per heavy atom.